The first-order valence-electron chi connectivity index (χ1n) is 10.1. The topological polar surface area (TPSA) is 58.3 Å². The number of benzene rings is 1. The lowest BCUT2D eigenvalue weighted by atomic mass is 10.1. The summed E-state index contributed by atoms with van der Waals surface area (Å²) in [4.78, 5) is 8.42. The van der Waals surface area contributed by atoms with E-state index in [-0.39, 0.29) is 0 Å². The van der Waals surface area contributed by atoms with Crippen molar-refractivity contribution in [2.75, 3.05) is 20.1 Å². The van der Waals surface area contributed by atoms with E-state index in [2.05, 4.69) is 87.7 Å². The smallest absolute Gasteiger partial charge is 0.194 e. The van der Waals surface area contributed by atoms with Crippen LogP contribution >= 0.6 is 11.3 Å². The van der Waals surface area contributed by atoms with Gasteiger partial charge in [-0.3, -0.25) is 4.99 Å². The molecule has 0 saturated heterocycles. The fourth-order valence-corrected chi connectivity index (χ4v) is 3.81. The second-order valence-electron chi connectivity index (χ2n) is 7.10. The predicted molar refractivity (Wildman–Crippen MR) is 120 cm³/mol. The molecule has 0 radical (unpaired) electrons. The number of nitrogens with zero attached hydrogens (tertiary/aromatic N) is 5. The summed E-state index contributed by atoms with van der Waals surface area (Å²) in [7, 11) is 2.09. The Labute approximate surface area is 177 Å². The van der Waals surface area contributed by atoms with Gasteiger partial charge in [-0.2, -0.15) is 0 Å². The Bertz CT molecular complexity index is 882. The summed E-state index contributed by atoms with van der Waals surface area (Å²) in [6.45, 7) is 7.40. The van der Waals surface area contributed by atoms with Crippen molar-refractivity contribution in [1.29, 1.82) is 0 Å². The molecule has 3 aromatic rings. The van der Waals surface area contributed by atoms with Gasteiger partial charge in [0.15, 0.2) is 5.96 Å². The number of thiophene rings is 1. The largest absolute Gasteiger partial charge is 0.354 e. The zero-order chi connectivity index (χ0) is 20.5. The molecule has 2 heterocycles. The minimum absolute atomic E-state index is 0.772. The van der Waals surface area contributed by atoms with Gasteiger partial charge in [-0.15, -0.1) is 21.5 Å². The van der Waals surface area contributed by atoms with Crippen molar-refractivity contribution in [1.82, 2.24) is 25.0 Å². The Morgan fingerprint density at radius 3 is 2.79 bits per heavy atom. The molecular formula is C22H30N6S. The Morgan fingerprint density at radius 2 is 2.07 bits per heavy atom. The lowest BCUT2D eigenvalue weighted by Gasteiger charge is -2.23. The fourth-order valence-electron chi connectivity index (χ4n) is 3.11. The highest BCUT2D eigenvalue weighted by atomic mass is 32.1. The van der Waals surface area contributed by atoms with E-state index in [1.54, 1.807) is 17.7 Å². The number of aromatic nitrogens is 3. The molecule has 0 aliphatic heterocycles. The van der Waals surface area contributed by atoms with Gasteiger partial charge in [0.25, 0.3) is 0 Å². The molecule has 7 heteroatoms. The van der Waals surface area contributed by atoms with Crippen LogP contribution in [0.5, 0.6) is 0 Å². The lowest BCUT2D eigenvalue weighted by molar-refractivity contribution is 0.470. The maximum Gasteiger partial charge on any atom is 0.194 e. The maximum absolute atomic E-state index is 4.87. The molecule has 0 amide bonds. The summed E-state index contributed by atoms with van der Waals surface area (Å²) in [5.41, 5.74) is 2.55. The van der Waals surface area contributed by atoms with Crippen LogP contribution in [0.4, 0.5) is 0 Å². The third-order valence-electron chi connectivity index (χ3n) is 4.75. The highest BCUT2D eigenvalue weighted by molar-refractivity contribution is 7.09. The molecular weight excluding hydrogens is 380 g/mol. The van der Waals surface area contributed by atoms with Gasteiger partial charge in [0.1, 0.15) is 12.2 Å². The van der Waals surface area contributed by atoms with Crippen LogP contribution in [0.3, 0.4) is 0 Å². The number of guanidine groups is 1. The molecule has 0 atom stereocenters. The molecule has 0 bridgehead atoms. The van der Waals surface area contributed by atoms with E-state index in [1.165, 1.54) is 16.0 Å². The summed E-state index contributed by atoms with van der Waals surface area (Å²) < 4.78 is 2.09. The van der Waals surface area contributed by atoms with E-state index in [0.717, 1.165) is 50.8 Å². The monoisotopic (exact) mass is 410 g/mol. The predicted octanol–water partition coefficient (Wildman–Crippen LogP) is 3.53. The Balaban J connectivity index is 1.62. The van der Waals surface area contributed by atoms with Gasteiger partial charge in [-0.1, -0.05) is 42.8 Å². The molecule has 2 aromatic heterocycles. The SMILES string of the molecule is CCc1nncn1CCNC(=NCCc1cccs1)N(C)Cc1ccc(C)cc1. The number of aryl methyl sites for hydroxylation is 2. The molecule has 0 aliphatic rings. The van der Waals surface area contributed by atoms with Crippen LogP contribution < -0.4 is 5.32 Å². The quantitative estimate of drug-likeness (QED) is 0.433. The third-order valence-corrected chi connectivity index (χ3v) is 5.69. The summed E-state index contributed by atoms with van der Waals surface area (Å²) in [6.07, 6.45) is 3.64. The molecule has 0 aliphatic carbocycles. The number of rotatable bonds is 9. The zero-order valence-corrected chi connectivity index (χ0v) is 18.3. The second-order valence-corrected chi connectivity index (χ2v) is 8.13. The van der Waals surface area contributed by atoms with E-state index in [1.807, 2.05) is 0 Å². The average Bonchev–Trinajstić information content (AvgIpc) is 3.40. The van der Waals surface area contributed by atoms with Crippen LogP contribution in [-0.4, -0.2) is 45.8 Å². The molecule has 29 heavy (non-hydrogen) atoms. The number of hydrogen-bond donors (Lipinski definition) is 1. The minimum Gasteiger partial charge on any atom is -0.354 e. The summed E-state index contributed by atoms with van der Waals surface area (Å²) in [6, 6.07) is 12.9. The molecule has 0 saturated carbocycles. The molecule has 0 spiro atoms. The second kappa shape index (κ2) is 10.8. The Kier molecular flexibility index (Phi) is 7.81. The molecule has 0 fully saturated rings. The van der Waals surface area contributed by atoms with Gasteiger partial charge >= 0.3 is 0 Å². The van der Waals surface area contributed by atoms with Crippen molar-refractivity contribution in [3.05, 3.63) is 69.9 Å². The Morgan fingerprint density at radius 1 is 1.24 bits per heavy atom. The van der Waals surface area contributed by atoms with Gasteiger partial charge in [-0.05, 0) is 23.9 Å². The van der Waals surface area contributed by atoms with Crippen LogP contribution in [-0.2, 0) is 25.9 Å². The summed E-state index contributed by atoms with van der Waals surface area (Å²) in [5, 5.41) is 13.8. The van der Waals surface area contributed by atoms with Crippen molar-refractivity contribution in [3.8, 4) is 0 Å². The van der Waals surface area contributed by atoms with Gasteiger partial charge in [0.05, 0.1) is 0 Å². The summed E-state index contributed by atoms with van der Waals surface area (Å²) >= 11 is 1.79. The van der Waals surface area contributed by atoms with Crippen molar-refractivity contribution in [3.63, 3.8) is 0 Å². The van der Waals surface area contributed by atoms with Crippen LogP contribution in [0.25, 0.3) is 0 Å². The van der Waals surface area contributed by atoms with Crippen LogP contribution in [0.1, 0.15) is 28.8 Å². The first-order chi connectivity index (χ1) is 14.2. The molecule has 1 N–H and O–H groups in total. The van der Waals surface area contributed by atoms with E-state index >= 15 is 0 Å². The fraction of sp³-hybridized carbons (Fsp3) is 0.409. The van der Waals surface area contributed by atoms with Crippen molar-refractivity contribution in [2.45, 2.75) is 39.8 Å². The van der Waals surface area contributed by atoms with Gasteiger partial charge in [0, 0.05) is 50.9 Å². The van der Waals surface area contributed by atoms with Crippen molar-refractivity contribution < 1.29 is 0 Å². The van der Waals surface area contributed by atoms with Crippen molar-refractivity contribution in [2.24, 2.45) is 4.99 Å². The standard InChI is InChI=1S/C22H30N6S/c1-4-21-26-25-17-28(21)14-13-24-22(23-12-11-20-6-5-15-29-20)27(3)16-19-9-7-18(2)8-10-19/h5-10,15,17H,4,11-14,16H2,1-3H3,(H,23,24). The first-order valence-corrected chi connectivity index (χ1v) is 11.0. The van der Waals surface area contributed by atoms with E-state index < -0.39 is 0 Å². The van der Waals surface area contributed by atoms with Gasteiger partial charge < -0.3 is 14.8 Å². The average molecular weight is 411 g/mol. The van der Waals surface area contributed by atoms with E-state index in [0.29, 0.717) is 0 Å². The minimum atomic E-state index is 0.772. The number of hydrogen-bond acceptors (Lipinski definition) is 4. The third kappa shape index (κ3) is 6.42. The van der Waals surface area contributed by atoms with Gasteiger partial charge in [0.2, 0.25) is 0 Å². The van der Waals surface area contributed by atoms with E-state index in [4.69, 9.17) is 4.99 Å². The molecule has 0 unspecified atom stereocenters. The highest BCUT2D eigenvalue weighted by Gasteiger charge is 2.08. The number of aliphatic imine (C=N–C) groups is 1. The Hall–Kier alpha value is -2.67. The van der Waals surface area contributed by atoms with Crippen molar-refractivity contribution >= 4 is 17.3 Å². The van der Waals surface area contributed by atoms with E-state index in [9.17, 15) is 0 Å². The number of nitrogens with one attached hydrogen (secondary N) is 1. The normalized spacial score (nSPS) is 11.6. The lowest BCUT2D eigenvalue weighted by Crippen LogP contribution is -2.40. The molecule has 154 valence electrons. The molecule has 3 rings (SSSR count). The first kappa shape index (κ1) is 21.0. The zero-order valence-electron chi connectivity index (χ0n) is 17.5. The molecule has 6 nitrogen and oxygen atoms in total. The summed E-state index contributed by atoms with van der Waals surface area (Å²) in [5.74, 6) is 1.93. The highest BCUT2D eigenvalue weighted by Crippen LogP contribution is 2.10. The van der Waals surface area contributed by atoms with Crippen LogP contribution in [0.2, 0.25) is 0 Å². The van der Waals surface area contributed by atoms with Crippen LogP contribution in [0.15, 0.2) is 53.1 Å². The van der Waals surface area contributed by atoms with Crippen LogP contribution in [0, 0.1) is 6.92 Å². The maximum atomic E-state index is 4.87. The molecule has 1 aromatic carbocycles. The van der Waals surface area contributed by atoms with Gasteiger partial charge in [-0.25, -0.2) is 0 Å².